The third kappa shape index (κ3) is 4.98. The van der Waals surface area contributed by atoms with Crippen molar-refractivity contribution in [1.29, 1.82) is 0 Å². The van der Waals surface area contributed by atoms with E-state index in [0.29, 0.717) is 11.1 Å². The first kappa shape index (κ1) is 19.2. The number of amides is 1. The SMILES string of the molecule is Cc1ccc(-c2nnc(SCC(=O)NC(C)c3ccc(C)c(C)c3)o2)cc1. The van der Waals surface area contributed by atoms with Gasteiger partial charge in [0, 0.05) is 5.56 Å². The van der Waals surface area contributed by atoms with Crippen LogP contribution >= 0.6 is 11.8 Å². The summed E-state index contributed by atoms with van der Waals surface area (Å²) in [6.45, 7) is 8.16. The minimum atomic E-state index is -0.0687. The van der Waals surface area contributed by atoms with Gasteiger partial charge in [-0.2, -0.15) is 0 Å². The number of hydrogen-bond acceptors (Lipinski definition) is 5. The van der Waals surface area contributed by atoms with Gasteiger partial charge in [0.2, 0.25) is 11.8 Å². The molecule has 0 radical (unpaired) electrons. The Bertz CT molecular complexity index is 935. The number of nitrogens with one attached hydrogen (secondary N) is 1. The van der Waals surface area contributed by atoms with Gasteiger partial charge >= 0.3 is 0 Å². The van der Waals surface area contributed by atoms with Crippen LogP contribution in [0.25, 0.3) is 11.5 Å². The highest BCUT2D eigenvalue weighted by Gasteiger charge is 2.14. The zero-order valence-electron chi connectivity index (χ0n) is 15.9. The third-order valence-corrected chi connectivity index (χ3v) is 5.26. The lowest BCUT2D eigenvalue weighted by atomic mass is 10.0. The molecule has 1 unspecified atom stereocenters. The number of benzene rings is 2. The summed E-state index contributed by atoms with van der Waals surface area (Å²) in [4.78, 5) is 12.2. The lowest BCUT2D eigenvalue weighted by molar-refractivity contribution is -0.119. The molecule has 0 aliphatic heterocycles. The molecular formula is C21H23N3O2S. The molecule has 0 spiro atoms. The molecule has 1 atom stereocenters. The van der Waals surface area contributed by atoms with E-state index < -0.39 is 0 Å². The lowest BCUT2D eigenvalue weighted by Gasteiger charge is -2.15. The molecule has 1 heterocycles. The molecule has 1 aromatic heterocycles. The Morgan fingerprint density at radius 2 is 1.81 bits per heavy atom. The minimum Gasteiger partial charge on any atom is -0.411 e. The van der Waals surface area contributed by atoms with E-state index in [9.17, 15) is 4.79 Å². The Kier molecular flexibility index (Phi) is 5.96. The summed E-state index contributed by atoms with van der Waals surface area (Å²) in [5, 5.41) is 11.5. The van der Waals surface area contributed by atoms with Gasteiger partial charge in [0.25, 0.3) is 5.22 Å². The van der Waals surface area contributed by atoms with E-state index in [0.717, 1.165) is 11.1 Å². The summed E-state index contributed by atoms with van der Waals surface area (Å²) < 4.78 is 5.64. The normalized spacial score (nSPS) is 12.0. The fraction of sp³-hybridized carbons (Fsp3) is 0.286. The highest BCUT2D eigenvalue weighted by atomic mass is 32.2. The fourth-order valence-corrected chi connectivity index (χ4v) is 3.18. The van der Waals surface area contributed by atoms with E-state index in [1.165, 1.54) is 28.5 Å². The monoisotopic (exact) mass is 381 g/mol. The standard InChI is InChI=1S/C21H23N3O2S/c1-13-5-8-17(9-6-13)20-23-24-21(26-20)27-12-19(25)22-16(4)18-10-7-14(2)15(3)11-18/h5-11,16H,12H2,1-4H3,(H,22,25). The first-order valence-electron chi connectivity index (χ1n) is 8.82. The molecule has 0 saturated carbocycles. The highest BCUT2D eigenvalue weighted by Crippen LogP contribution is 2.23. The summed E-state index contributed by atoms with van der Waals surface area (Å²) in [5.74, 6) is 0.618. The molecular weight excluding hydrogens is 358 g/mol. The van der Waals surface area contributed by atoms with Crippen LogP contribution < -0.4 is 5.32 Å². The van der Waals surface area contributed by atoms with E-state index in [1.54, 1.807) is 0 Å². The molecule has 140 valence electrons. The molecule has 0 bridgehead atoms. The smallest absolute Gasteiger partial charge is 0.277 e. The summed E-state index contributed by atoms with van der Waals surface area (Å²) >= 11 is 1.24. The van der Waals surface area contributed by atoms with Crippen LogP contribution in [0, 0.1) is 20.8 Å². The van der Waals surface area contributed by atoms with Gasteiger partial charge in [0.05, 0.1) is 11.8 Å². The van der Waals surface area contributed by atoms with Crippen molar-refractivity contribution < 1.29 is 9.21 Å². The Morgan fingerprint density at radius 3 is 2.52 bits per heavy atom. The first-order valence-corrected chi connectivity index (χ1v) is 9.81. The van der Waals surface area contributed by atoms with E-state index in [4.69, 9.17) is 4.42 Å². The second-order valence-corrected chi connectivity index (χ2v) is 7.59. The van der Waals surface area contributed by atoms with Crippen LogP contribution in [0.3, 0.4) is 0 Å². The number of hydrogen-bond donors (Lipinski definition) is 1. The van der Waals surface area contributed by atoms with E-state index >= 15 is 0 Å². The molecule has 6 heteroatoms. The topological polar surface area (TPSA) is 68.0 Å². The van der Waals surface area contributed by atoms with Gasteiger partial charge in [0.15, 0.2) is 0 Å². The number of carbonyl (C=O) groups excluding carboxylic acids is 1. The van der Waals surface area contributed by atoms with Gasteiger partial charge < -0.3 is 9.73 Å². The maximum Gasteiger partial charge on any atom is 0.277 e. The van der Waals surface area contributed by atoms with Gasteiger partial charge in [-0.1, -0.05) is 47.7 Å². The van der Waals surface area contributed by atoms with E-state index in [-0.39, 0.29) is 17.7 Å². The molecule has 0 aliphatic carbocycles. The van der Waals surface area contributed by atoms with Crippen LogP contribution in [-0.4, -0.2) is 21.9 Å². The number of carbonyl (C=O) groups is 1. The second-order valence-electron chi connectivity index (χ2n) is 6.66. The molecule has 1 amide bonds. The lowest BCUT2D eigenvalue weighted by Crippen LogP contribution is -2.28. The summed E-state index contributed by atoms with van der Waals surface area (Å²) in [6.07, 6.45) is 0. The predicted molar refractivity (Wildman–Crippen MR) is 108 cm³/mol. The number of aryl methyl sites for hydroxylation is 3. The van der Waals surface area contributed by atoms with E-state index in [1.807, 2.05) is 44.2 Å². The quantitative estimate of drug-likeness (QED) is 0.631. The van der Waals surface area contributed by atoms with Crippen molar-refractivity contribution in [3.63, 3.8) is 0 Å². The number of rotatable bonds is 6. The Balaban J connectivity index is 1.54. The zero-order chi connectivity index (χ0) is 19.4. The predicted octanol–water partition coefficient (Wildman–Crippen LogP) is 4.63. The van der Waals surface area contributed by atoms with E-state index in [2.05, 4.69) is 41.5 Å². The third-order valence-electron chi connectivity index (χ3n) is 4.44. The van der Waals surface area contributed by atoms with Gasteiger partial charge in [-0.25, -0.2) is 0 Å². The molecule has 0 saturated heterocycles. The van der Waals surface area contributed by atoms with Crippen LogP contribution in [0.4, 0.5) is 0 Å². The van der Waals surface area contributed by atoms with Crippen LogP contribution in [0.2, 0.25) is 0 Å². The average molecular weight is 382 g/mol. The first-order chi connectivity index (χ1) is 12.9. The number of aromatic nitrogens is 2. The van der Waals surface area contributed by atoms with Crippen LogP contribution in [0.1, 0.15) is 35.2 Å². The van der Waals surface area contributed by atoms with Crippen LogP contribution in [0.15, 0.2) is 52.1 Å². The molecule has 5 nitrogen and oxygen atoms in total. The van der Waals surface area contributed by atoms with Crippen molar-refractivity contribution in [3.8, 4) is 11.5 Å². The van der Waals surface area contributed by atoms with Crippen molar-refractivity contribution in [2.45, 2.75) is 39.0 Å². The second kappa shape index (κ2) is 8.39. The van der Waals surface area contributed by atoms with Crippen molar-refractivity contribution in [1.82, 2.24) is 15.5 Å². The Hall–Kier alpha value is -2.60. The molecule has 0 fully saturated rings. The number of thioether (sulfide) groups is 1. The zero-order valence-corrected chi connectivity index (χ0v) is 16.8. The fourth-order valence-electron chi connectivity index (χ4n) is 2.61. The summed E-state index contributed by atoms with van der Waals surface area (Å²) in [7, 11) is 0. The molecule has 2 aromatic carbocycles. The van der Waals surface area contributed by atoms with Crippen molar-refractivity contribution in [2.24, 2.45) is 0 Å². The molecule has 3 rings (SSSR count). The van der Waals surface area contributed by atoms with Gasteiger partial charge in [0.1, 0.15) is 0 Å². The maximum atomic E-state index is 12.2. The van der Waals surface area contributed by atoms with Gasteiger partial charge in [-0.3, -0.25) is 4.79 Å². The molecule has 3 aromatic rings. The van der Waals surface area contributed by atoms with Gasteiger partial charge in [-0.15, -0.1) is 10.2 Å². The van der Waals surface area contributed by atoms with Crippen molar-refractivity contribution >= 4 is 17.7 Å². The molecule has 0 aliphatic rings. The highest BCUT2D eigenvalue weighted by molar-refractivity contribution is 7.99. The van der Waals surface area contributed by atoms with Crippen LogP contribution in [0.5, 0.6) is 0 Å². The van der Waals surface area contributed by atoms with Crippen molar-refractivity contribution in [3.05, 3.63) is 64.7 Å². The Morgan fingerprint density at radius 1 is 1.07 bits per heavy atom. The number of nitrogens with zero attached hydrogens (tertiary/aromatic N) is 2. The summed E-state index contributed by atoms with van der Waals surface area (Å²) in [6, 6.07) is 14.0. The van der Waals surface area contributed by atoms with Gasteiger partial charge in [-0.05, 0) is 56.5 Å². The molecule has 1 N–H and O–H groups in total. The largest absolute Gasteiger partial charge is 0.411 e. The Labute approximate surface area is 163 Å². The average Bonchev–Trinajstić information content (AvgIpc) is 3.12. The minimum absolute atomic E-state index is 0.0526. The summed E-state index contributed by atoms with van der Waals surface area (Å²) in [5.41, 5.74) is 5.59. The molecule has 27 heavy (non-hydrogen) atoms. The maximum absolute atomic E-state index is 12.2. The van der Waals surface area contributed by atoms with Crippen LogP contribution in [-0.2, 0) is 4.79 Å². The van der Waals surface area contributed by atoms with Crippen molar-refractivity contribution in [2.75, 3.05) is 5.75 Å².